The minimum absolute atomic E-state index is 0.187. The molecular weight excluding hydrogens is 329 g/mol. The van der Waals surface area contributed by atoms with Crippen LogP contribution in [0.4, 0.5) is 15.9 Å². The highest BCUT2D eigenvalue weighted by atomic mass is 19.1. The molecular formula is C21H20FN3O. The Hall–Kier alpha value is -3.21. The van der Waals surface area contributed by atoms with Crippen molar-refractivity contribution >= 4 is 17.4 Å². The highest BCUT2D eigenvalue weighted by Gasteiger charge is 2.08. The maximum absolute atomic E-state index is 12.9. The molecule has 0 fully saturated rings. The molecule has 0 atom stereocenters. The zero-order valence-corrected chi connectivity index (χ0v) is 14.7. The molecule has 132 valence electrons. The van der Waals surface area contributed by atoms with Crippen molar-refractivity contribution in [1.82, 2.24) is 4.98 Å². The molecule has 3 aromatic rings. The molecule has 4 nitrogen and oxygen atoms in total. The van der Waals surface area contributed by atoms with Gasteiger partial charge in [-0.15, -0.1) is 0 Å². The lowest BCUT2D eigenvalue weighted by atomic mass is 10.1. The van der Waals surface area contributed by atoms with Crippen molar-refractivity contribution in [2.75, 3.05) is 10.6 Å². The second-order valence-electron chi connectivity index (χ2n) is 6.17. The van der Waals surface area contributed by atoms with Crippen molar-refractivity contribution in [2.45, 2.75) is 20.4 Å². The molecule has 0 aliphatic rings. The summed E-state index contributed by atoms with van der Waals surface area (Å²) in [7, 11) is 0. The summed E-state index contributed by atoms with van der Waals surface area (Å²) < 4.78 is 12.9. The van der Waals surface area contributed by atoms with Gasteiger partial charge in [0, 0.05) is 12.1 Å². The summed E-state index contributed by atoms with van der Waals surface area (Å²) in [5.74, 6) is 0.0486. The SMILES string of the molecule is Cc1ccc(C(=O)Nc2ccc(NCc3ccc(F)cc3)cn2)cc1C. The van der Waals surface area contributed by atoms with E-state index in [0.717, 1.165) is 22.4 Å². The minimum atomic E-state index is -0.251. The number of carbonyl (C=O) groups excluding carboxylic acids is 1. The standard InChI is InChI=1S/C21H20FN3O/c1-14-3-6-17(11-15(14)2)21(26)25-20-10-9-19(13-24-20)23-12-16-4-7-18(22)8-5-16/h3-11,13,23H,12H2,1-2H3,(H,24,25,26). The van der Waals surface area contributed by atoms with Gasteiger partial charge in [0.25, 0.3) is 5.91 Å². The van der Waals surface area contributed by atoms with E-state index < -0.39 is 0 Å². The van der Waals surface area contributed by atoms with Gasteiger partial charge in [0.1, 0.15) is 11.6 Å². The number of nitrogens with one attached hydrogen (secondary N) is 2. The Balaban J connectivity index is 1.59. The molecule has 1 amide bonds. The molecule has 0 saturated carbocycles. The van der Waals surface area contributed by atoms with Crippen molar-refractivity contribution in [3.8, 4) is 0 Å². The Labute approximate surface area is 152 Å². The number of carbonyl (C=O) groups is 1. The average Bonchev–Trinajstić information content (AvgIpc) is 2.64. The predicted molar refractivity (Wildman–Crippen MR) is 102 cm³/mol. The van der Waals surface area contributed by atoms with Crippen molar-refractivity contribution in [3.63, 3.8) is 0 Å². The molecule has 3 rings (SSSR count). The number of hydrogen-bond acceptors (Lipinski definition) is 3. The highest BCUT2D eigenvalue weighted by molar-refractivity contribution is 6.03. The fraction of sp³-hybridized carbons (Fsp3) is 0.143. The molecule has 0 bridgehead atoms. The van der Waals surface area contributed by atoms with E-state index >= 15 is 0 Å². The number of aromatic nitrogens is 1. The first-order chi connectivity index (χ1) is 12.5. The van der Waals surface area contributed by atoms with E-state index in [2.05, 4.69) is 15.6 Å². The minimum Gasteiger partial charge on any atom is -0.380 e. The van der Waals surface area contributed by atoms with Gasteiger partial charge < -0.3 is 10.6 Å². The third kappa shape index (κ3) is 4.45. The summed E-state index contributed by atoms with van der Waals surface area (Å²) >= 11 is 0. The maximum Gasteiger partial charge on any atom is 0.256 e. The van der Waals surface area contributed by atoms with Crippen LogP contribution in [0.25, 0.3) is 0 Å². The van der Waals surface area contributed by atoms with Gasteiger partial charge in [0.15, 0.2) is 0 Å². The largest absolute Gasteiger partial charge is 0.380 e. The van der Waals surface area contributed by atoms with Crippen LogP contribution in [0.15, 0.2) is 60.8 Å². The maximum atomic E-state index is 12.9. The lowest BCUT2D eigenvalue weighted by Crippen LogP contribution is -2.13. The number of aryl methyl sites for hydroxylation is 2. The van der Waals surface area contributed by atoms with Gasteiger partial charge in [-0.05, 0) is 66.9 Å². The van der Waals surface area contributed by atoms with Crippen LogP contribution in [0.2, 0.25) is 0 Å². The van der Waals surface area contributed by atoms with Crippen molar-refractivity contribution in [1.29, 1.82) is 0 Å². The Morgan fingerprint density at radius 1 is 1.00 bits per heavy atom. The average molecular weight is 349 g/mol. The van der Waals surface area contributed by atoms with E-state index in [1.165, 1.54) is 12.1 Å². The summed E-state index contributed by atoms with van der Waals surface area (Å²) in [6.07, 6.45) is 1.65. The molecule has 0 radical (unpaired) electrons. The predicted octanol–water partition coefficient (Wildman–Crippen LogP) is 4.70. The normalized spacial score (nSPS) is 10.4. The molecule has 5 heteroatoms. The number of hydrogen-bond donors (Lipinski definition) is 2. The molecule has 1 aromatic heterocycles. The van der Waals surface area contributed by atoms with Gasteiger partial charge in [-0.3, -0.25) is 4.79 Å². The van der Waals surface area contributed by atoms with Gasteiger partial charge in [0.05, 0.1) is 11.9 Å². The Morgan fingerprint density at radius 2 is 1.77 bits per heavy atom. The summed E-state index contributed by atoms with van der Waals surface area (Å²) in [5, 5.41) is 6.00. The summed E-state index contributed by atoms with van der Waals surface area (Å²) in [4.78, 5) is 16.6. The van der Waals surface area contributed by atoms with E-state index in [1.807, 2.05) is 32.0 Å². The van der Waals surface area contributed by atoms with E-state index in [9.17, 15) is 9.18 Å². The van der Waals surface area contributed by atoms with Gasteiger partial charge in [0.2, 0.25) is 0 Å². The summed E-state index contributed by atoms with van der Waals surface area (Å²) in [5.41, 5.74) is 4.62. The Morgan fingerprint density at radius 3 is 2.42 bits per heavy atom. The van der Waals surface area contributed by atoms with Crippen molar-refractivity contribution in [2.24, 2.45) is 0 Å². The van der Waals surface area contributed by atoms with Gasteiger partial charge >= 0.3 is 0 Å². The number of nitrogens with zero attached hydrogens (tertiary/aromatic N) is 1. The molecule has 0 aliphatic heterocycles. The van der Waals surface area contributed by atoms with Gasteiger partial charge in [-0.1, -0.05) is 18.2 Å². The molecule has 0 spiro atoms. The highest BCUT2D eigenvalue weighted by Crippen LogP contribution is 2.14. The molecule has 0 unspecified atom stereocenters. The second kappa shape index (κ2) is 7.78. The zero-order valence-electron chi connectivity index (χ0n) is 14.7. The first-order valence-electron chi connectivity index (χ1n) is 8.34. The van der Waals surface area contributed by atoms with Crippen LogP contribution in [0.1, 0.15) is 27.0 Å². The Bertz CT molecular complexity index is 906. The number of rotatable bonds is 5. The van der Waals surface area contributed by atoms with Crippen LogP contribution in [0.5, 0.6) is 0 Å². The number of pyridine rings is 1. The van der Waals surface area contributed by atoms with Crippen LogP contribution >= 0.6 is 0 Å². The fourth-order valence-corrected chi connectivity index (χ4v) is 2.45. The van der Waals surface area contributed by atoms with Crippen LogP contribution in [0, 0.1) is 19.7 Å². The second-order valence-corrected chi connectivity index (χ2v) is 6.17. The van der Waals surface area contributed by atoms with E-state index in [0.29, 0.717) is 17.9 Å². The molecule has 2 aromatic carbocycles. The van der Waals surface area contributed by atoms with Crippen LogP contribution in [0.3, 0.4) is 0 Å². The lowest BCUT2D eigenvalue weighted by molar-refractivity contribution is 0.102. The van der Waals surface area contributed by atoms with E-state index in [1.54, 1.807) is 30.5 Å². The summed E-state index contributed by atoms with van der Waals surface area (Å²) in [6.45, 7) is 4.55. The first kappa shape index (κ1) is 17.6. The van der Waals surface area contributed by atoms with Crippen LogP contribution in [-0.2, 0) is 6.54 Å². The quantitative estimate of drug-likeness (QED) is 0.702. The molecule has 26 heavy (non-hydrogen) atoms. The molecule has 0 saturated heterocycles. The smallest absolute Gasteiger partial charge is 0.256 e. The third-order valence-corrected chi connectivity index (χ3v) is 4.18. The number of amides is 1. The monoisotopic (exact) mass is 349 g/mol. The summed E-state index contributed by atoms with van der Waals surface area (Å²) in [6, 6.07) is 15.5. The lowest BCUT2D eigenvalue weighted by Gasteiger charge is -2.09. The zero-order chi connectivity index (χ0) is 18.5. The van der Waals surface area contributed by atoms with Crippen LogP contribution < -0.4 is 10.6 Å². The molecule has 0 aliphatic carbocycles. The van der Waals surface area contributed by atoms with Crippen LogP contribution in [-0.4, -0.2) is 10.9 Å². The molecule has 2 N–H and O–H groups in total. The van der Waals surface area contributed by atoms with Gasteiger partial charge in [-0.25, -0.2) is 9.37 Å². The first-order valence-corrected chi connectivity index (χ1v) is 8.34. The molecule has 1 heterocycles. The van der Waals surface area contributed by atoms with Crippen molar-refractivity contribution in [3.05, 3.63) is 88.9 Å². The topological polar surface area (TPSA) is 54.0 Å². The number of halogens is 1. The Kier molecular flexibility index (Phi) is 5.27. The van der Waals surface area contributed by atoms with Crippen molar-refractivity contribution < 1.29 is 9.18 Å². The number of anilines is 2. The van der Waals surface area contributed by atoms with E-state index in [-0.39, 0.29) is 11.7 Å². The van der Waals surface area contributed by atoms with E-state index in [4.69, 9.17) is 0 Å². The van der Waals surface area contributed by atoms with Gasteiger partial charge in [-0.2, -0.15) is 0 Å². The third-order valence-electron chi connectivity index (χ3n) is 4.18. The fourth-order valence-electron chi connectivity index (χ4n) is 2.45. The number of benzene rings is 2.